The third kappa shape index (κ3) is 2.74. The smallest absolute Gasteiger partial charge is 0.0682 e. The van der Waals surface area contributed by atoms with Crippen molar-refractivity contribution in [1.82, 2.24) is 0 Å². The number of rotatable bonds is 4. The molecule has 1 aliphatic rings. The van der Waals surface area contributed by atoms with Gasteiger partial charge in [-0.15, -0.1) is 0 Å². The average molecular weight is 221 g/mol. The summed E-state index contributed by atoms with van der Waals surface area (Å²) in [5, 5.41) is 12.5. The van der Waals surface area contributed by atoms with Crippen molar-refractivity contribution in [3.63, 3.8) is 0 Å². The highest BCUT2D eigenvalue weighted by Gasteiger charge is 2.21. The van der Waals surface area contributed by atoms with E-state index in [0.717, 1.165) is 30.9 Å². The van der Waals surface area contributed by atoms with Crippen LogP contribution in [0.3, 0.4) is 0 Å². The number of nitrogens with one attached hydrogen (secondary N) is 1. The Bertz CT molecular complexity index is 334. The number of aliphatic hydroxyl groups is 1. The summed E-state index contributed by atoms with van der Waals surface area (Å²) in [7, 11) is 0. The predicted molar refractivity (Wildman–Crippen MR) is 64.4 cm³/mol. The Kier molecular flexibility index (Phi) is 3.80. The quantitative estimate of drug-likeness (QED) is 0.817. The highest BCUT2D eigenvalue weighted by molar-refractivity contribution is 5.46. The molecule has 88 valence electrons. The molecule has 3 heteroatoms. The van der Waals surface area contributed by atoms with Crippen LogP contribution in [0.25, 0.3) is 0 Å². The maximum absolute atomic E-state index is 9.06. The van der Waals surface area contributed by atoms with E-state index in [1.807, 2.05) is 24.3 Å². The summed E-state index contributed by atoms with van der Waals surface area (Å²) in [5.74, 6) is 0.595. The zero-order valence-electron chi connectivity index (χ0n) is 9.65. The van der Waals surface area contributed by atoms with Crippen molar-refractivity contribution >= 4 is 5.69 Å². The van der Waals surface area contributed by atoms with Gasteiger partial charge in [-0.2, -0.15) is 0 Å². The van der Waals surface area contributed by atoms with Crippen molar-refractivity contribution in [1.29, 1.82) is 0 Å². The van der Waals surface area contributed by atoms with Crippen LogP contribution in [0.2, 0.25) is 0 Å². The first-order valence-corrected chi connectivity index (χ1v) is 5.83. The normalized spacial score (nSPS) is 22.0. The fourth-order valence-corrected chi connectivity index (χ4v) is 2.09. The molecule has 2 N–H and O–H groups in total. The Hall–Kier alpha value is -1.06. The standard InChI is InChI=1S/C13H19NO2/c1-10(12-5-6-16-9-12)14-13-4-2-3-11(7-13)8-15/h2-4,7,10,12,14-15H,5-6,8-9H2,1H3/t10-,12+/m1/s1. The molecular formula is C13H19NO2. The molecule has 0 unspecified atom stereocenters. The topological polar surface area (TPSA) is 41.5 Å². The van der Waals surface area contributed by atoms with E-state index in [4.69, 9.17) is 9.84 Å². The zero-order chi connectivity index (χ0) is 11.4. The van der Waals surface area contributed by atoms with Gasteiger partial charge in [0.05, 0.1) is 13.2 Å². The second kappa shape index (κ2) is 5.32. The van der Waals surface area contributed by atoms with E-state index < -0.39 is 0 Å². The lowest BCUT2D eigenvalue weighted by molar-refractivity contribution is 0.183. The van der Waals surface area contributed by atoms with Crippen molar-refractivity contribution in [2.45, 2.75) is 26.0 Å². The first-order valence-electron chi connectivity index (χ1n) is 5.83. The Morgan fingerprint density at radius 3 is 3.12 bits per heavy atom. The van der Waals surface area contributed by atoms with Crippen LogP contribution >= 0.6 is 0 Å². The summed E-state index contributed by atoms with van der Waals surface area (Å²) in [6.45, 7) is 4.02. The molecule has 0 spiro atoms. The van der Waals surface area contributed by atoms with Crippen LogP contribution in [0.5, 0.6) is 0 Å². The summed E-state index contributed by atoms with van der Waals surface area (Å²) in [6, 6.07) is 8.33. The van der Waals surface area contributed by atoms with E-state index in [2.05, 4.69) is 12.2 Å². The fraction of sp³-hybridized carbons (Fsp3) is 0.538. The summed E-state index contributed by atoms with van der Waals surface area (Å²) >= 11 is 0. The van der Waals surface area contributed by atoms with E-state index in [9.17, 15) is 0 Å². The molecule has 0 aliphatic carbocycles. The van der Waals surface area contributed by atoms with Crippen LogP contribution in [0.15, 0.2) is 24.3 Å². The lowest BCUT2D eigenvalue weighted by Crippen LogP contribution is -2.26. The molecule has 1 heterocycles. The number of hydrogen-bond acceptors (Lipinski definition) is 3. The minimum Gasteiger partial charge on any atom is -0.392 e. The SMILES string of the molecule is C[C@@H](Nc1cccc(CO)c1)[C@H]1CCOC1. The van der Waals surface area contributed by atoms with Gasteiger partial charge in [-0.05, 0) is 31.0 Å². The number of benzene rings is 1. The highest BCUT2D eigenvalue weighted by Crippen LogP contribution is 2.20. The third-order valence-electron chi connectivity index (χ3n) is 3.18. The largest absolute Gasteiger partial charge is 0.392 e. The molecule has 1 aromatic rings. The summed E-state index contributed by atoms with van der Waals surface area (Å²) in [5.41, 5.74) is 2.02. The molecule has 3 nitrogen and oxygen atoms in total. The van der Waals surface area contributed by atoms with Crippen molar-refractivity contribution in [3.8, 4) is 0 Å². The first kappa shape index (κ1) is 11.4. The van der Waals surface area contributed by atoms with Gasteiger partial charge < -0.3 is 15.2 Å². The van der Waals surface area contributed by atoms with Crippen molar-refractivity contribution < 1.29 is 9.84 Å². The Morgan fingerprint density at radius 1 is 1.56 bits per heavy atom. The molecule has 0 bridgehead atoms. The molecule has 0 saturated carbocycles. The fourth-order valence-electron chi connectivity index (χ4n) is 2.09. The van der Waals surface area contributed by atoms with Crippen LogP contribution in [0.1, 0.15) is 18.9 Å². The van der Waals surface area contributed by atoms with Gasteiger partial charge in [0.25, 0.3) is 0 Å². The molecule has 16 heavy (non-hydrogen) atoms. The molecule has 1 saturated heterocycles. The van der Waals surface area contributed by atoms with E-state index in [0.29, 0.717) is 12.0 Å². The van der Waals surface area contributed by atoms with Crippen molar-refractivity contribution in [2.75, 3.05) is 18.5 Å². The maximum Gasteiger partial charge on any atom is 0.0682 e. The van der Waals surface area contributed by atoms with Gasteiger partial charge in [-0.25, -0.2) is 0 Å². The minimum atomic E-state index is 0.0937. The van der Waals surface area contributed by atoms with Gasteiger partial charge in [-0.3, -0.25) is 0 Å². The summed E-state index contributed by atoms with van der Waals surface area (Å²) < 4.78 is 5.38. The molecule has 0 radical (unpaired) electrons. The van der Waals surface area contributed by atoms with Crippen LogP contribution in [-0.4, -0.2) is 24.4 Å². The number of hydrogen-bond donors (Lipinski definition) is 2. The van der Waals surface area contributed by atoms with Crippen LogP contribution in [0.4, 0.5) is 5.69 Å². The zero-order valence-corrected chi connectivity index (χ0v) is 9.65. The molecular weight excluding hydrogens is 202 g/mol. The van der Waals surface area contributed by atoms with Crippen molar-refractivity contribution in [3.05, 3.63) is 29.8 Å². The molecule has 0 aromatic heterocycles. The molecule has 1 aromatic carbocycles. The third-order valence-corrected chi connectivity index (χ3v) is 3.18. The van der Waals surface area contributed by atoms with Crippen LogP contribution in [-0.2, 0) is 11.3 Å². The van der Waals surface area contributed by atoms with Gasteiger partial charge in [0.15, 0.2) is 0 Å². The van der Waals surface area contributed by atoms with Gasteiger partial charge >= 0.3 is 0 Å². The van der Waals surface area contributed by atoms with E-state index >= 15 is 0 Å². The van der Waals surface area contributed by atoms with Crippen LogP contribution in [0, 0.1) is 5.92 Å². The predicted octanol–water partition coefficient (Wildman–Crippen LogP) is 2.02. The highest BCUT2D eigenvalue weighted by atomic mass is 16.5. The molecule has 0 amide bonds. The Balaban J connectivity index is 1.96. The maximum atomic E-state index is 9.06. The first-order chi connectivity index (χ1) is 7.79. The van der Waals surface area contributed by atoms with E-state index in [-0.39, 0.29) is 6.61 Å². The summed E-state index contributed by atoms with van der Waals surface area (Å²) in [6.07, 6.45) is 1.13. The lowest BCUT2D eigenvalue weighted by atomic mass is 10.0. The van der Waals surface area contributed by atoms with Gasteiger partial charge in [-0.1, -0.05) is 12.1 Å². The minimum absolute atomic E-state index is 0.0937. The Morgan fingerprint density at radius 2 is 2.44 bits per heavy atom. The van der Waals surface area contributed by atoms with Crippen LogP contribution < -0.4 is 5.32 Å². The van der Waals surface area contributed by atoms with Gasteiger partial charge in [0.2, 0.25) is 0 Å². The average Bonchev–Trinajstić information content (AvgIpc) is 2.83. The second-order valence-electron chi connectivity index (χ2n) is 4.42. The second-order valence-corrected chi connectivity index (χ2v) is 4.42. The Labute approximate surface area is 96.4 Å². The number of anilines is 1. The summed E-state index contributed by atoms with van der Waals surface area (Å²) in [4.78, 5) is 0. The van der Waals surface area contributed by atoms with Gasteiger partial charge in [0.1, 0.15) is 0 Å². The molecule has 1 fully saturated rings. The molecule has 1 aliphatic heterocycles. The monoisotopic (exact) mass is 221 g/mol. The lowest BCUT2D eigenvalue weighted by Gasteiger charge is -2.20. The number of aliphatic hydroxyl groups excluding tert-OH is 1. The van der Waals surface area contributed by atoms with E-state index in [1.165, 1.54) is 0 Å². The van der Waals surface area contributed by atoms with E-state index in [1.54, 1.807) is 0 Å². The van der Waals surface area contributed by atoms with Crippen molar-refractivity contribution in [2.24, 2.45) is 5.92 Å². The molecule has 2 rings (SSSR count). The number of ether oxygens (including phenoxy) is 1. The molecule has 2 atom stereocenters. The van der Waals surface area contributed by atoms with Gasteiger partial charge in [0, 0.05) is 24.3 Å².